The summed E-state index contributed by atoms with van der Waals surface area (Å²) in [5, 5.41) is 4.50. The lowest BCUT2D eigenvalue weighted by molar-refractivity contribution is 0.269. The van der Waals surface area contributed by atoms with E-state index in [0.29, 0.717) is 29.0 Å². The van der Waals surface area contributed by atoms with Crippen LogP contribution in [0.4, 0.5) is 0 Å². The molecule has 0 aliphatic carbocycles. The van der Waals surface area contributed by atoms with Gasteiger partial charge in [0.15, 0.2) is 11.5 Å². The number of ether oxygens (including phenoxy) is 2. The fraction of sp³-hybridized carbons (Fsp3) is 0.400. The van der Waals surface area contributed by atoms with Gasteiger partial charge in [0, 0.05) is 11.0 Å². The average Bonchev–Trinajstić information content (AvgIpc) is 2.62. The second-order valence-electron chi connectivity index (χ2n) is 5.89. The van der Waals surface area contributed by atoms with Crippen molar-refractivity contribution in [2.45, 2.75) is 39.8 Å². The molecule has 0 aromatic heterocycles. The first-order valence-electron chi connectivity index (χ1n) is 8.77. The minimum absolute atomic E-state index is 0.386. The maximum absolute atomic E-state index is 6.07. The summed E-state index contributed by atoms with van der Waals surface area (Å²) in [6, 6.07) is 9.46. The van der Waals surface area contributed by atoms with Crippen molar-refractivity contribution in [1.82, 2.24) is 5.32 Å². The Morgan fingerprint density at radius 3 is 2.46 bits per heavy atom. The SMILES string of the molecule is CCCCNCc1cc(OCC)c(OCc2ccc(Cl)c(Cl)c2)cc1Br. The monoisotopic (exact) mass is 459 g/mol. The quantitative estimate of drug-likeness (QED) is 0.404. The highest BCUT2D eigenvalue weighted by atomic mass is 79.9. The van der Waals surface area contributed by atoms with E-state index in [-0.39, 0.29) is 0 Å². The number of hydrogen-bond donors (Lipinski definition) is 1. The molecule has 6 heteroatoms. The minimum atomic E-state index is 0.386. The molecule has 26 heavy (non-hydrogen) atoms. The van der Waals surface area contributed by atoms with Crippen LogP contribution in [0.15, 0.2) is 34.8 Å². The third-order valence-electron chi connectivity index (χ3n) is 3.81. The molecule has 2 aromatic rings. The molecule has 142 valence electrons. The van der Waals surface area contributed by atoms with Crippen molar-refractivity contribution >= 4 is 39.1 Å². The van der Waals surface area contributed by atoms with Crippen molar-refractivity contribution in [3.8, 4) is 11.5 Å². The molecule has 0 unspecified atom stereocenters. The maximum Gasteiger partial charge on any atom is 0.162 e. The Kier molecular flexibility index (Phi) is 9.06. The molecule has 0 saturated heterocycles. The van der Waals surface area contributed by atoms with Crippen LogP contribution in [0, 0.1) is 0 Å². The number of benzene rings is 2. The molecule has 2 rings (SSSR count). The van der Waals surface area contributed by atoms with Crippen LogP contribution in [0.5, 0.6) is 11.5 Å². The lowest BCUT2D eigenvalue weighted by Crippen LogP contribution is -2.15. The van der Waals surface area contributed by atoms with Crippen LogP contribution in [0.3, 0.4) is 0 Å². The summed E-state index contributed by atoms with van der Waals surface area (Å²) in [4.78, 5) is 0. The van der Waals surface area contributed by atoms with E-state index in [4.69, 9.17) is 32.7 Å². The Balaban J connectivity index is 2.10. The third kappa shape index (κ3) is 6.34. The second kappa shape index (κ2) is 11.0. The van der Waals surface area contributed by atoms with Crippen molar-refractivity contribution < 1.29 is 9.47 Å². The molecular formula is C20H24BrCl2NO2. The van der Waals surface area contributed by atoms with Crippen LogP contribution in [0.1, 0.15) is 37.8 Å². The van der Waals surface area contributed by atoms with Crippen molar-refractivity contribution in [3.05, 3.63) is 56.0 Å². The van der Waals surface area contributed by atoms with Gasteiger partial charge in [0.05, 0.1) is 16.7 Å². The summed E-state index contributed by atoms with van der Waals surface area (Å²) in [6.07, 6.45) is 2.35. The van der Waals surface area contributed by atoms with Crippen LogP contribution in [0.25, 0.3) is 0 Å². The predicted octanol–water partition coefficient (Wildman–Crippen LogP) is 6.62. The van der Waals surface area contributed by atoms with Crippen LogP contribution in [0.2, 0.25) is 10.0 Å². The van der Waals surface area contributed by atoms with Crippen molar-refractivity contribution in [2.75, 3.05) is 13.2 Å². The Morgan fingerprint density at radius 1 is 1.00 bits per heavy atom. The molecule has 0 radical (unpaired) electrons. The van der Waals surface area contributed by atoms with Gasteiger partial charge in [0.1, 0.15) is 6.61 Å². The number of hydrogen-bond acceptors (Lipinski definition) is 3. The molecule has 0 atom stereocenters. The topological polar surface area (TPSA) is 30.5 Å². The Morgan fingerprint density at radius 2 is 1.77 bits per heavy atom. The highest BCUT2D eigenvalue weighted by Crippen LogP contribution is 2.34. The van der Waals surface area contributed by atoms with Gasteiger partial charge in [-0.2, -0.15) is 0 Å². The Bertz CT molecular complexity index is 725. The standard InChI is InChI=1S/C20H24BrCl2NO2/c1-3-5-8-24-12-15-10-19(25-4-2)20(11-16(15)21)26-13-14-6-7-17(22)18(23)9-14/h6-7,9-11,24H,3-5,8,12-13H2,1-2H3. The first-order chi connectivity index (χ1) is 12.5. The number of halogens is 3. The molecule has 0 heterocycles. The van der Waals surface area contributed by atoms with Crippen molar-refractivity contribution in [2.24, 2.45) is 0 Å². The summed E-state index contributed by atoms with van der Waals surface area (Å²) >= 11 is 15.7. The molecule has 0 spiro atoms. The van der Waals surface area contributed by atoms with Gasteiger partial charge in [-0.05, 0) is 55.3 Å². The molecule has 0 amide bonds. The van der Waals surface area contributed by atoms with Crippen LogP contribution >= 0.6 is 39.1 Å². The van der Waals surface area contributed by atoms with E-state index in [0.717, 1.165) is 34.4 Å². The zero-order valence-electron chi connectivity index (χ0n) is 15.1. The lowest BCUT2D eigenvalue weighted by Gasteiger charge is -2.16. The van der Waals surface area contributed by atoms with Crippen LogP contribution in [-0.2, 0) is 13.2 Å². The maximum atomic E-state index is 6.07. The van der Waals surface area contributed by atoms with Gasteiger partial charge < -0.3 is 14.8 Å². The molecule has 0 aliphatic heterocycles. The molecule has 0 bridgehead atoms. The smallest absolute Gasteiger partial charge is 0.162 e. The fourth-order valence-corrected chi connectivity index (χ4v) is 3.19. The van der Waals surface area contributed by atoms with E-state index in [9.17, 15) is 0 Å². The van der Waals surface area contributed by atoms with Crippen LogP contribution < -0.4 is 14.8 Å². The summed E-state index contributed by atoms with van der Waals surface area (Å²) in [5.74, 6) is 1.44. The molecular weight excluding hydrogens is 437 g/mol. The molecule has 3 nitrogen and oxygen atoms in total. The first kappa shape index (κ1) is 21.4. The molecule has 0 aliphatic rings. The van der Waals surface area contributed by atoms with Gasteiger partial charge >= 0.3 is 0 Å². The van der Waals surface area contributed by atoms with Gasteiger partial charge in [-0.1, -0.05) is 58.5 Å². The third-order valence-corrected chi connectivity index (χ3v) is 5.29. The Labute approximate surface area is 174 Å². The predicted molar refractivity (Wildman–Crippen MR) is 113 cm³/mol. The van der Waals surface area contributed by atoms with Gasteiger partial charge in [0.2, 0.25) is 0 Å². The van der Waals surface area contributed by atoms with E-state index in [2.05, 4.69) is 28.2 Å². The van der Waals surface area contributed by atoms with Crippen LogP contribution in [-0.4, -0.2) is 13.2 Å². The number of nitrogens with one attached hydrogen (secondary N) is 1. The summed E-state index contributed by atoms with van der Waals surface area (Å²) < 4.78 is 12.7. The van der Waals surface area contributed by atoms with E-state index >= 15 is 0 Å². The largest absolute Gasteiger partial charge is 0.490 e. The van der Waals surface area contributed by atoms with Gasteiger partial charge in [-0.25, -0.2) is 0 Å². The van der Waals surface area contributed by atoms with E-state index < -0.39 is 0 Å². The summed E-state index contributed by atoms with van der Waals surface area (Å²) in [7, 11) is 0. The molecule has 0 saturated carbocycles. The zero-order chi connectivity index (χ0) is 18.9. The van der Waals surface area contributed by atoms with E-state index in [1.165, 1.54) is 12.8 Å². The highest BCUT2D eigenvalue weighted by Gasteiger charge is 2.11. The minimum Gasteiger partial charge on any atom is -0.490 e. The highest BCUT2D eigenvalue weighted by molar-refractivity contribution is 9.10. The van der Waals surface area contributed by atoms with Crippen molar-refractivity contribution in [3.63, 3.8) is 0 Å². The normalized spacial score (nSPS) is 10.8. The van der Waals surface area contributed by atoms with Gasteiger partial charge in [-0.3, -0.25) is 0 Å². The average molecular weight is 461 g/mol. The van der Waals surface area contributed by atoms with E-state index in [1.54, 1.807) is 6.07 Å². The van der Waals surface area contributed by atoms with E-state index in [1.807, 2.05) is 31.2 Å². The lowest BCUT2D eigenvalue weighted by atomic mass is 10.2. The van der Waals surface area contributed by atoms with Gasteiger partial charge in [0.25, 0.3) is 0 Å². The zero-order valence-corrected chi connectivity index (χ0v) is 18.2. The number of unbranched alkanes of at least 4 members (excludes halogenated alkanes) is 1. The Hall–Kier alpha value is -0.940. The molecule has 2 aromatic carbocycles. The molecule has 1 N–H and O–H groups in total. The second-order valence-corrected chi connectivity index (χ2v) is 7.56. The van der Waals surface area contributed by atoms with Gasteiger partial charge in [-0.15, -0.1) is 0 Å². The van der Waals surface area contributed by atoms with Crippen molar-refractivity contribution in [1.29, 1.82) is 0 Å². The molecule has 0 fully saturated rings. The summed E-state index contributed by atoms with van der Waals surface area (Å²) in [5.41, 5.74) is 2.09. The fourth-order valence-electron chi connectivity index (χ4n) is 2.41. The summed E-state index contributed by atoms with van der Waals surface area (Å²) in [6.45, 7) is 6.90. The number of rotatable bonds is 10. The first-order valence-corrected chi connectivity index (χ1v) is 10.3.